The van der Waals surface area contributed by atoms with Gasteiger partial charge in [-0.25, -0.2) is 0 Å². The Morgan fingerprint density at radius 2 is 1.86 bits per heavy atom. The molecule has 0 saturated carbocycles. The molecule has 0 fully saturated rings. The molecule has 0 spiro atoms. The van der Waals surface area contributed by atoms with Crippen LogP contribution in [0.2, 0.25) is 0 Å². The van der Waals surface area contributed by atoms with Crippen LogP contribution in [-0.2, 0) is 0 Å². The normalized spacial score (nSPS) is 18.0. The first-order chi connectivity index (χ1) is 10.7. The van der Waals surface area contributed by atoms with E-state index in [9.17, 15) is 5.11 Å². The van der Waals surface area contributed by atoms with Gasteiger partial charge in [0.2, 0.25) is 0 Å². The van der Waals surface area contributed by atoms with E-state index >= 15 is 0 Å². The molecule has 3 rings (SSSR count). The van der Waals surface area contributed by atoms with E-state index < -0.39 is 6.10 Å². The van der Waals surface area contributed by atoms with Crippen molar-refractivity contribution in [1.29, 1.82) is 0 Å². The van der Waals surface area contributed by atoms with Gasteiger partial charge < -0.3 is 14.6 Å². The Bertz CT molecular complexity index is 691. The second-order valence-corrected chi connectivity index (χ2v) is 5.35. The minimum atomic E-state index is -0.539. The molecule has 0 unspecified atom stereocenters. The standard InChI is InChI=1S/C19H20O3/c1-3-16(20)15-12-13-8-4-6-10-17(13)22-19(15)14-9-5-7-11-18(14)21-2/h4-12,16,19-20H,3H2,1-2H3/t16-,19+/m1/s1. The second kappa shape index (κ2) is 6.24. The van der Waals surface area contributed by atoms with Crippen molar-refractivity contribution in [2.75, 3.05) is 7.11 Å². The predicted molar refractivity (Wildman–Crippen MR) is 87.1 cm³/mol. The van der Waals surface area contributed by atoms with Crippen LogP contribution in [-0.4, -0.2) is 18.3 Å². The highest BCUT2D eigenvalue weighted by molar-refractivity contribution is 5.65. The molecule has 0 aliphatic carbocycles. The van der Waals surface area contributed by atoms with E-state index in [0.717, 1.165) is 28.2 Å². The Balaban J connectivity index is 2.10. The molecule has 2 atom stereocenters. The number of hydrogen-bond donors (Lipinski definition) is 1. The zero-order chi connectivity index (χ0) is 15.5. The summed E-state index contributed by atoms with van der Waals surface area (Å²) in [6, 6.07) is 15.6. The van der Waals surface area contributed by atoms with Crippen molar-refractivity contribution in [3.63, 3.8) is 0 Å². The number of fused-ring (bicyclic) bond motifs is 1. The second-order valence-electron chi connectivity index (χ2n) is 5.35. The number of methoxy groups -OCH3 is 1. The highest BCUT2D eigenvalue weighted by Gasteiger charge is 2.30. The zero-order valence-electron chi connectivity index (χ0n) is 12.8. The van der Waals surface area contributed by atoms with Crippen molar-refractivity contribution < 1.29 is 14.6 Å². The topological polar surface area (TPSA) is 38.7 Å². The average molecular weight is 296 g/mol. The minimum absolute atomic E-state index is 0.332. The molecule has 2 aromatic carbocycles. The smallest absolute Gasteiger partial charge is 0.151 e. The molecule has 1 heterocycles. The van der Waals surface area contributed by atoms with E-state index in [1.54, 1.807) is 7.11 Å². The Kier molecular flexibility index (Phi) is 4.16. The number of rotatable bonds is 4. The SMILES string of the molecule is CC[C@@H](O)C1=Cc2ccccc2O[C@H]1c1ccccc1OC. The number of aliphatic hydroxyl groups is 1. The molecule has 1 aliphatic heterocycles. The van der Waals surface area contributed by atoms with Crippen LogP contribution < -0.4 is 9.47 Å². The quantitative estimate of drug-likeness (QED) is 0.927. The maximum absolute atomic E-state index is 10.4. The molecular weight excluding hydrogens is 276 g/mol. The molecule has 0 aromatic heterocycles. The van der Waals surface area contributed by atoms with Gasteiger partial charge in [-0.3, -0.25) is 0 Å². The molecule has 2 aromatic rings. The molecule has 0 radical (unpaired) electrons. The lowest BCUT2D eigenvalue weighted by Gasteiger charge is -2.30. The summed E-state index contributed by atoms with van der Waals surface area (Å²) in [7, 11) is 1.65. The van der Waals surface area contributed by atoms with Crippen molar-refractivity contribution in [3.05, 3.63) is 65.2 Å². The molecular formula is C19H20O3. The van der Waals surface area contributed by atoms with Gasteiger partial charge in [0.1, 0.15) is 11.5 Å². The third-order valence-corrected chi connectivity index (χ3v) is 3.98. The fraction of sp³-hybridized carbons (Fsp3) is 0.263. The number of para-hydroxylation sites is 2. The Labute approximate surface area is 130 Å². The van der Waals surface area contributed by atoms with E-state index in [1.165, 1.54) is 0 Å². The Hall–Kier alpha value is -2.26. The van der Waals surface area contributed by atoms with Crippen LogP contribution in [0.5, 0.6) is 11.5 Å². The van der Waals surface area contributed by atoms with Gasteiger partial charge in [0.25, 0.3) is 0 Å². The summed E-state index contributed by atoms with van der Waals surface area (Å²) >= 11 is 0. The average Bonchev–Trinajstić information content (AvgIpc) is 2.59. The first kappa shape index (κ1) is 14.7. The molecule has 1 N–H and O–H groups in total. The largest absolute Gasteiger partial charge is 0.496 e. The van der Waals surface area contributed by atoms with Gasteiger partial charge in [0.05, 0.1) is 13.2 Å². The number of benzene rings is 2. The van der Waals surface area contributed by atoms with Gasteiger partial charge in [-0.05, 0) is 24.6 Å². The highest BCUT2D eigenvalue weighted by atomic mass is 16.5. The van der Waals surface area contributed by atoms with E-state index in [2.05, 4.69) is 0 Å². The summed E-state index contributed by atoms with van der Waals surface area (Å²) in [5, 5.41) is 10.4. The molecule has 3 heteroatoms. The van der Waals surface area contributed by atoms with Gasteiger partial charge in [0, 0.05) is 16.7 Å². The number of hydrogen-bond acceptors (Lipinski definition) is 3. The lowest BCUT2D eigenvalue weighted by molar-refractivity contribution is 0.151. The fourth-order valence-electron chi connectivity index (χ4n) is 2.79. The first-order valence-corrected chi connectivity index (χ1v) is 7.52. The van der Waals surface area contributed by atoms with Crippen LogP contribution in [0.15, 0.2) is 54.1 Å². The van der Waals surface area contributed by atoms with Crippen LogP contribution in [0.25, 0.3) is 6.08 Å². The first-order valence-electron chi connectivity index (χ1n) is 7.52. The highest BCUT2D eigenvalue weighted by Crippen LogP contribution is 2.41. The zero-order valence-corrected chi connectivity index (χ0v) is 12.8. The van der Waals surface area contributed by atoms with Crippen molar-refractivity contribution in [1.82, 2.24) is 0 Å². The summed E-state index contributed by atoms with van der Waals surface area (Å²) in [6.45, 7) is 1.96. The maximum atomic E-state index is 10.4. The van der Waals surface area contributed by atoms with Crippen molar-refractivity contribution >= 4 is 6.08 Å². The van der Waals surface area contributed by atoms with Crippen LogP contribution in [0.4, 0.5) is 0 Å². The maximum Gasteiger partial charge on any atom is 0.151 e. The third-order valence-electron chi connectivity index (χ3n) is 3.98. The molecule has 1 aliphatic rings. The van der Waals surface area contributed by atoms with Gasteiger partial charge in [0.15, 0.2) is 6.10 Å². The van der Waals surface area contributed by atoms with E-state index in [1.807, 2.05) is 61.5 Å². The van der Waals surface area contributed by atoms with Gasteiger partial charge in [-0.2, -0.15) is 0 Å². The minimum Gasteiger partial charge on any atom is -0.496 e. The summed E-state index contributed by atoms with van der Waals surface area (Å²) in [5.74, 6) is 1.59. The van der Waals surface area contributed by atoms with Crippen LogP contribution in [0, 0.1) is 0 Å². The molecule has 3 nitrogen and oxygen atoms in total. The van der Waals surface area contributed by atoms with Crippen molar-refractivity contribution in [2.24, 2.45) is 0 Å². The lowest BCUT2D eigenvalue weighted by atomic mass is 9.91. The monoisotopic (exact) mass is 296 g/mol. The summed E-state index contributed by atoms with van der Waals surface area (Å²) in [5.41, 5.74) is 2.79. The molecule has 114 valence electrons. The fourth-order valence-corrected chi connectivity index (χ4v) is 2.79. The van der Waals surface area contributed by atoms with Gasteiger partial charge in [-0.15, -0.1) is 0 Å². The van der Waals surface area contributed by atoms with Crippen LogP contribution >= 0.6 is 0 Å². The van der Waals surface area contributed by atoms with Crippen LogP contribution in [0.1, 0.15) is 30.6 Å². The van der Waals surface area contributed by atoms with Gasteiger partial charge >= 0.3 is 0 Å². The Morgan fingerprint density at radius 3 is 2.64 bits per heavy atom. The summed E-state index contributed by atoms with van der Waals surface area (Å²) in [6.07, 6.45) is 1.80. The Morgan fingerprint density at radius 1 is 1.14 bits per heavy atom. The summed E-state index contributed by atoms with van der Waals surface area (Å²) < 4.78 is 11.6. The van der Waals surface area contributed by atoms with Crippen molar-refractivity contribution in [3.8, 4) is 11.5 Å². The van der Waals surface area contributed by atoms with Crippen molar-refractivity contribution in [2.45, 2.75) is 25.6 Å². The predicted octanol–water partition coefficient (Wildman–Crippen LogP) is 3.98. The molecule has 0 amide bonds. The molecule has 22 heavy (non-hydrogen) atoms. The number of aliphatic hydroxyl groups excluding tert-OH is 1. The third kappa shape index (κ3) is 2.60. The van der Waals surface area contributed by atoms with Gasteiger partial charge in [-0.1, -0.05) is 43.3 Å². The molecule has 0 bridgehead atoms. The van der Waals surface area contributed by atoms with E-state index in [4.69, 9.17) is 9.47 Å². The van der Waals surface area contributed by atoms with E-state index in [-0.39, 0.29) is 6.10 Å². The summed E-state index contributed by atoms with van der Waals surface area (Å²) in [4.78, 5) is 0. The molecule has 0 saturated heterocycles. The van der Waals surface area contributed by atoms with Crippen LogP contribution in [0.3, 0.4) is 0 Å². The van der Waals surface area contributed by atoms with E-state index in [0.29, 0.717) is 6.42 Å². The lowest BCUT2D eigenvalue weighted by Crippen LogP contribution is -2.23. The number of ether oxygens (including phenoxy) is 2.